The van der Waals surface area contributed by atoms with E-state index in [0.717, 1.165) is 0 Å². The zero-order valence-corrected chi connectivity index (χ0v) is 6.14. The molecule has 0 heterocycles. The monoisotopic (exact) mass is 165 g/mol. The summed E-state index contributed by atoms with van der Waals surface area (Å²) in [5.41, 5.74) is 0.868. The van der Waals surface area contributed by atoms with Gasteiger partial charge in [-0.15, -0.1) is 0 Å². The van der Waals surface area contributed by atoms with Gasteiger partial charge in [0, 0.05) is 0 Å². The van der Waals surface area contributed by atoms with Crippen LogP contribution in [-0.2, 0) is 0 Å². The van der Waals surface area contributed by atoms with Crippen molar-refractivity contribution < 1.29 is 15.1 Å². The molecule has 0 aliphatic carbocycles. The fourth-order valence-corrected chi connectivity index (χ4v) is 0.778. The number of carboxylic acid groups (broad SMARTS) is 1. The van der Waals surface area contributed by atoms with Gasteiger partial charge in [0.25, 0.3) is 0 Å². The van der Waals surface area contributed by atoms with Crippen LogP contribution in [0, 0.1) is 0 Å². The third-order valence-corrected chi connectivity index (χ3v) is 1.36. The zero-order chi connectivity index (χ0) is 8.97. The average molecular weight is 165 g/mol. The lowest BCUT2D eigenvalue weighted by Crippen LogP contribution is -1.95. The van der Waals surface area contributed by atoms with Gasteiger partial charge in [0.1, 0.15) is 0 Å². The Bertz CT molecular complexity index is 303. The van der Waals surface area contributed by atoms with Crippen molar-refractivity contribution in [1.82, 2.24) is 0 Å². The summed E-state index contributed by atoms with van der Waals surface area (Å²) in [5, 5.41) is 19.5. The summed E-state index contributed by atoms with van der Waals surface area (Å²) >= 11 is 0. The van der Waals surface area contributed by atoms with E-state index in [-0.39, 0.29) is 5.56 Å². The molecule has 0 radical (unpaired) electrons. The largest absolute Gasteiger partial charge is 0.478 e. The van der Waals surface area contributed by atoms with E-state index in [1.807, 2.05) is 0 Å². The Morgan fingerprint density at radius 2 is 1.92 bits per heavy atom. The van der Waals surface area contributed by atoms with Crippen LogP contribution in [0.2, 0.25) is 0 Å². The van der Waals surface area contributed by atoms with E-state index in [0.29, 0.717) is 5.56 Å². The number of nitrogens with zero attached hydrogens (tertiary/aromatic N) is 1. The molecule has 0 saturated heterocycles. The van der Waals surface area contributed by atoms with Crippen LogP contribution in [0.1, 0.15) is 15.9 Å². The maximum absolute atomic E-state index is 10.4. The van der Waals surface area contributed by atoms with Crippen molar-refractivity contribution in [3.63, 3.8) is 0 Å². The number of hydrogen-bond donors (Lipinski definition) is 2. The highest BCUT2D eigenvalue weighted by atomic mass is 16.4. The SMILES string of the molecule is O=C(O)c1ccc(C=NO)cc1. The number of hydrogen-bond acceptors (Lipinski definition) is 3. The number of rotatable bonds is 2. The van der Waals surface area contributed by atoms with E-state index in [1.54, 1.807) is 12.1 Å². The molecule has 4 nitrogen and oxygen atoms in total. The number of carbonyl (C=O) groups is 1. The maximum atomic E-state index is 10.4. The first-order chi connectivity index (χ1) is 5.74. The lowest BCUT2D eigenvalue weighted by molar-refractivity contribution is 0.0697. The normalized spacial score (nSPS) is 10.3. The summed E-state index contributed by atoms with van der Waals surface area (Å²) in [6, 6.07) is 6.01. The zero-order valence-electron chi connectivity index (χ0n) is 6.14. The van der Waals surface area contributed by atoms with Crippen LogP contribution in [0.3, 0.4) is 0 Å². The molecular weight excluding hydrogens is 158 g/mol. The molecule has 0 spiro atoms. The topological polar surface area (TPSA) is 69.9 Å². The van der Waals surface area contributed by atoms with Crippen LogP contribution in [-0.4, -0.2) is 22.5 Å². The summed E-state index contributed by atoms with van der Waals surface area (Å²) in [7, 11) is 0. The van der Waals surface area contributed by atoms with E-state index in [1.165, 1.54) is 18.3 Å². The number of benzene rings is 1. The van der Waals surface area contributed by atoms with Crippen LogP contribution in [0.4, 0.5) is 0 Å². The predicted molar refractivity (Wildman–Crippen MR) is 42.8 cm³/mol. The minimum absolute atomic E-state index is 0.213. The fraction of sp³-hybridized carbons (Fsp3) is 0. The Kier molecular flexibility index (Phi) is 2.42. The van der Waals surface area contributed by atoms with Crippen molar-refractivity contribution >= 4 is 12.2 Å². The van der Waals surface area contributed by atoms with Crippen LogP contribution in [0.5, 0.6) is 0 Å². The lowest BCUT2D eigenvalue weighted by atomic mass is 10.1. The van der Waals surface area contributed by atoms with E-state index < -0.39 is 5.97 Å². The van der Waals surface area contributed by atoms with E-state index in [2.05, 4.69) is 5.16 Å². The molecule has 0 atom stereocenters. The van der Waals surface area contributed by atoms with Crippen molar-refractivity contribution in [3.8, 4) is 0 Å². The van der Waals surface area contributed by atoms with E-state index >= 15 is 0 Å². The van der Waals surface area contributed by atoms with Gasteiger partial charge in [0.2, 0.25) is 0 Å². The van der Waals surface area contributed by atoms with Crippen molar-refractivity contribution in [2.45, 2.75) is 0 Å². The van der Waals surface area contributed by atoms with Crippen molar-refractivity contribution in [2.24, 2.45) is 5.16 Å². The summed E-state index contributed by atoms with van der Waals surface area (Å²) in [6.45, 7) is 0. The molecule has 0 aliphatic rings. The average Bonchev–Trinajstić information content (AvgIpc) is 2.06. The van der Waals surface area contributed by atoms with Crippen molar-refractivity contribution in [3.05, 3.63) is 35.4 Å². The molecule has 4 heteroatoms. The highest BCUT2D eigenvalue weighted by Crippen LogP contribution is 2.01. The van der Waals surface area contributed by atoms with Crippen LogP contribution in [0.25, 0.3) is 0 Å². The highest BCUT2D eigenvalue weighted by Gasteiger charge is 1.99. The van der Waals surface area contributed by atoms with Crippen LogP contribution >= 0.6 is 0 Å². The molecule has 0 fully saturated rings. The van der Waals surface area contributed by atoms with E-state index in [9.17, 15) is 4.79 Å². The molecule has 62 valence electrons. The molecule has 0 saturated carbocycles. The van der Waals surface area contributed by atoms with Crippen LogP contribution < -0.4 is 0 Å². The van der Waals surface area contributed by atoms with Gasteiger partial charge >= 0.3 is 5.97 Å². The van der Waals surface area contributed by atoms with Crippen molar-refractivity contribution in [1.29, 1.82) is 0 Å². The second-order valence-electron chi connectivity index (χ2n) is 2.17. The van der Waals surface area contributed by atoms with Gasteiger partial charge in [0.05, 0.1) is 11.8 Å². The van der Waals surface area contributed by atoms with Gasteiger partial charge in [-0.1, -0.05) is 17.3 Å². The molecular formula is C8H7NO3. The number of aromatic carboxylic acids is 1. The van der Waals surface area contributed by atoms with E-state index in [4.69, 9.17) is 10.3 Å². The second kappa shape index (κ2) is 3.52. The Hall–Kier alpha value is -1.84. The maximum Gasteiger partial charge on any atom is 0.335 e. The first kappa shape index (κ1) is 8.26. The van der Waals surface area contributed by atoms with Gasteiger partial charge in [-0.25, -0.2) is 4.79 Å². The first-order valence-electron chi connectivity index (χ1n) is 3.25. The molecule has 0 bridgehead atoms. The minimum Gasteiger partial charge on any atom is -0.478 e. The smallest absolute Gasteiger partial charge is 0.335 e. The Labute approximate surface area is 68.8 Å². The number of carboxylic acids is 1. The van der Waals surface area contributed by atoms with Gasteiger partial charge in [-0.3, -0.25) is 0 Å². The molecule has 1 aromatic rings. The second-order valence-corrected chi connectivity index (χ2v) is 2.17. The summed E-state index contributed by atoms with van der Waals surface area (Å²) in [6.07, 6.45) is 1.23. The molecule has 12 heavy (non-hydrogen) atoms. The van der Waals surface area contributed by atoms with Gasteiger partial charge in [-0.2, -0.15) is 0 Å². The molecule has 0 unspecified atom stereocenters. The predicted octanol–water partition coefficient (Wildman–Crippen LogP) is 1.19. The Balaban J connectivity index is 2.93. The Morgan fingerprint density at radius 1 is 1.33 bits per heavy atom. The Morgan fingerprint density at radius 3 is 2.33 bits per heavy atom. The fourth-order valence-electron chi connectivity index (χ4n) is 0.778. The van der Waals surface area contributed by atoms with Gasteiger partial charge in [0.15, 0.2) is 0 Å². The first-order valence-corrected chi connectivity index (χ1v) is 3.25. The molecule has 0 amide bonds. The summed E-state index contributed by atoms with van der Waals surface area (Å²) < 4.78 is 0. The molecule has 2 N–H and O–H groups in total. The summed E-state index contributed by atoms with van der Waals surface area (Å²) in [5.74, 6) is -0.970. The van der Waals surface area contributed by atoms with Crippen LogP contribution in [0.15, 0.2) is 29.4 Å². The molecule has 1 rings (SSSR count). The minimum atomic E-state index is -0.970. The molecule has 0 aliphatic heterocycles. The lowest BCUT2D eigenvalue weighted by Gasteiger charge is -1.93. The number of oxime groups is 1. The van der Waals surface area contributed by atoms with Gasteiger partial charge < -0.3 is 10.3 Å². The molecule has 1 aromatic carbocycles. The standard InChI is InChI=1S/C8H7NO3/c10-8(11)7-3-1-6(2-4-7)5-9-12/h1-5,12H,(H,10,11). The summed E-state index contributed by atoms with van der Waals surface area (Å²) in [4.78, 5) is 10.4. The third kappa shape index (κ3) is 1.82. The third-order valence-electron chi connectivity index (χ3n) is 1.36. The van der Waals surface area contributed by atoms with Crippen molar-refractivity contribution in [2.75, 3.05) is 0 Å². The molecule has 0 aromatic heterocycles. The quantitative estimate of drug-likeness (QED) is 0.393. The van der Waals surface area contributed by atoms with Gasteiger partial charge in [-0.05, 0) is 17.7 Å². The highest BCUT2D eigenvalue weighted by molar-refractivity contribution is 5.89.